The number of fused-ring (bicyclic) bond motifs is 1. The zero-order valence-electron chi connectivity index (χ0n) is 15.0. The number of rotatable bonds is 3. The number of aromatic nitrogens is 4. The van der Waals surface area contributed by atoms with Crippen molar-refractivity contribution in [3.63, 3.8) is 0 Å². The fourth-order valence-electron chi connectivity index (χ4n) is 4.44. The monoisotopic (exact) mass is 381 g/mol. The summed E-state index contributed by atoms with van der Waals surface area (Å²) < 4.78 is 5.68. The van der Waals surface area contributed by atoms with Crippen LogP contribution in [0.25, 0.3) is 11.5 Å². The lowest BCUT2D eigenvalue weighted by Crippen LogP contribution is -2.34. The molecule has 1 saturated carbocycles. The Labute approximate surface area is 160 Å². The van der Waals surface area contributed by atoms with Crippen molar-refractivity contribution in [2.45, 2.75) is 31.6 Å². The van der Waals surface area contributed by atoms with Crippen LogP contribution >= 0.6 is 11.3 Å². The third-order valence-corrected chi connectivity index (χ3v) is 6.78. The van der Waals surface area contributed by atoms with Gasteiger partial charge in [-0.2, -0.15) is 4.98 Å². The smallest absolute Gasteiger partial charge is 0.263 e. The summed E-state index contributed by atoms with van der Waals surface area (Å²) in [5, 5.41) is 6.15. The Kier molecular flexibility index (Phi) is 3.82. The van der Waals surface area contributed by atoms with Gasteiger partial charge in [0.05, 0.1) is 16.5 Å². The number of aryl methyl sites for hydroxylation is 1. The molecule has 1 amide bonds. The maximum atomic E-state index is 12.9. The van der Waals surface area contributed by atoms with Crippen molar-refractivity contribution in [3.05, 3.63) is 46.4 Å². The second-order valence-electron chi connectivity index (χ2n) is 7.43. The molecule has 27 heavy (non-hydrogen) atoms. The van der Waals surface area contributed by atoms with Gasteiger partial charge in [0.15, 0.2) is 0 Å². The molecule has 5 rings (SSSR count). The van der Waals surface area contributed by atoms with Gasteiger partial charge in [-0.15, -0.1) is 11.3 Å². The van der Waals surface area contributed by atoms with Gasteiger partial charge in [0.1, 0.15) is 5.69 Å². The average molecular weight is 381 g/mol. The molecule has 138 valence electrons. The van der Waals surface area contributed by atoms with Crippen LogP contribution in [0.1, 0.15) is 40.4 Å². The number of carbonyl (C=O) groups excluding carboxylic acids is 1. The normalized spacial score (nSPS) is 24.3. The molecule has 3 aromatic heterocycles. The molecule has 0 N–H and O–H groups in total. The highest BCUT2D eigenvalue weighted by Crippen LogP contribution is 2.50. The van der Waals surface area contributed by atoms with Crippen LogP contribution in [-0.2, 0) is 5.41 Å². The van der Waals surface area contributed by atoms with E-state index in [1.54, 1.807) is 18.6 Å². The number of nitrogens with zero attached hydrogens (tertiary/aromatic N) is 5. The molecular weight excluding hydrogens is 362 g/mol. The van der Waals surface area contributed by atoms with Crippen LogP contribution in [0.5, 0.6) is 0 Å². The Morgan fingerprint density at radius 1 is 1.41 bits per heavy atom. The molecule has 0 aromatic carbocycles. The van der Waals surface area contributed by atoms with E-state index in [0.29, 0.717) is 29.9 Å². The largest absolute Gasteiger partial charge is 0.338 e. The van der Waals surface area contributed by atoms with Crippen molar-refractivity contribution in [1.29, 1.82) is 0 Å². The summed E-state index contributed by atoms with van der Waals surface area (Å²) in [5.74, 6) is 1.55. The predicted molar refractivity (Wildman–Crippen MR) is 99.3 cm³/mol. The van der Waals surface area contributed by atoms with Crippen molar-refractivity contribution in [2.24, 2.45) is 5.92 Å². The average Bonchev–Trinajstić information content (AvgIpc) is 3.44. The van der Waals surface area contributed by atoms with E-state index in [1.165, 1.54) is 11.3 Å². The lowest BCUT2D eigenvalue weighted by Gasteiger charge is -2.24. The lowest BCUT2D eigenvalue weighted by molar-refractivity contribution is 0.0779. The molecule has 0 radical (unpaired) electrons. The molecule has 2 atom stereocenters. The number of hydrogen-bond donors (Lipinski definition) is 0. The van der Waals surface area contributed by atoms with E-state index < -0.39 is 0 Å². The standard InChI is InChI=1S/C19H19N5O2S/c1-12-7-15(27-10-12)17(25)24-9-13-3-2-4-19(13,11-24)18-22-16(23-26-18)14-8-20-5-6-21-14/h5-8,10,13H,2-4,9,11H2,1H3/t13-,19-/m1/s1. The quantitative estimate of drug-likeness (QED) is 0.693. The SMILES string of the molecule is Cc1csc(C(=O)N2C[C@H]3CCC[C@@]3(c3nc(-c4cnccn4)no3)C2)c1. The number of amides is 1. The minimum absolute atomic E-state index is 0.107. The number of likely N-dealkylation sites (tertiary alicyclic amines) is 1. The van der Waals surface area contributed by atoms with Crippen molar-refractivity contribution in [1.82, 2.24) is 25.0 Å². The second kappa shape index (κ2) is 6.23. The van der Waals surface area contributed by atoms with E-state index >= 15 is 0 Å². The Hall–Kier alpha value is -2.61. The maximum absolute atomic E-state index is 12.9. The first-order valence-corrected chi connectivity index (χ1v) is 9.99. The van der Waals surface area contributed by atoms with Crippen LogP contribution in [0, 0.1) is 12.8 Å². The minimum atomic E-state index is -0.241. The van der Waals surface area contributed by atoms with Gasteiger partial charge in [0, 0.05) is 25.5 Å². The molecule has 0 unspecified atom stereocenters. The van der Waals surface area contributed by atoms with Gasteiger partial charge in [-0.1, -0.05) is 11.6 Å². The first-order chi connectivity index (χ1) is 13.2. The molecule has 3 aromatic rings. The van der Waals surface area contributed by atoms with Crippen LogP contribution in [0.15, 0.2) is 34.6 Å². The molecule has 0 bridgehead atoms. The molecular formula is C19H19N5O2S. The summed E-state index contributed by atoms with van der Waals surface area (Å²) in [5.41, 5.74) is 1.48. The van der Waals surface area contributed by atoms with Gasteiger partial charge >= 0.3 is 0 Å². The molecule has 4 heterocycles. The van der Waals surface area contributed by atoms with E-state index in [0.717, 1.165) is 36.2 Å². The van der Waals surface area contributed by atoms with Crippen LogP contribution in [-0.4, -0.2) is 44.0 Å². The van der Waals surface area contributed by atoms with Crippen molar-refractivity contribution in [2.75, 3.05) is 13.1 Å². The topological polar surface area (TPSA) is 85.0 Å². The fourth-order valence-corrected chi connectivity index (χ4v) is 5.30. The van der Waals surface area contributed by atoms with Gasteiger partial charge in [0.2, 0.25) is 11.7 Å². The van der Waals surface area contributed by atoms with E-state index in [1.807, 2.05) is 23.3 Å². The summed E-state index contributed by atoms with van der Waals surface area (Å²) in [7, 11) is 0. The summed E-state index contributed by atoms with van der Waals surface area (Å²) >= 11 is 1.51. The van der Waals surface area contributed by atoms with E-state index in [2.05, 4.69) is 20.1 Å². The molecule has 0 spiro atoms. The summed E-state index contributed by atoms with van der Waals surface area (Å²) in [4.78, 5) is 28.7. The van der Waals surface area contributed by atoms with Crippen molar-refractivity contribution in [3.8, 4) is 11.5 Å². The first-order valence-electron chi connectivity index (χ1n) is 9.11. The summed E-state index contributed by atoms with van der Waals surface area (Å²) in [6.45, 7) is 3.40. The molecule has 7 nitrogen and oxygen atoms in total. The molecule has 1 saturated heterocycles. The van der Waals surface area contributed by atoms with Gasteiger partial charge in [-0.3, -0.25) is 9.78 Å². The maximum Gasteiger partial charge on any atom is 0.263 e. The summed E-state index contributed by atoms with van der Waals surface area (Å²) in [6, 6.07) is 1.96. The predicted octanol–water partition coefficient (Wildman–Crippen LogP) is 3.09. The van der Waals surface area contributed by atoms with Gasteiger partial charge in [-0.05, 0) is 42.7 Å². The molecule has 1 aliphatic heterocycles. The van der Waals surface area contributed by atoms with Crippen LogP contribution < -0.4 is 0 Å². The molecule has 8 heteroatoms. The fraction of sp³-hybridized carbons (Fsp3) is 0.421. The molecule has 1 aliphatic carbocycles. The zero-order chi connectivity index (χ0) is 18.4. The van der Waals surface area contributed by atoms with Gasteiger partial charge < -0.3 is 9.42 Å². The van der Waals surface area contributed by atoms with Crippen LogP contribution in [0.4, 0.5) is 0 Å². The summed E-state index contributed by atoms with van der Waals surface area (Å²) in [6.07, 6.45) is 8.02. The highest BCUT2D eigenvalue weighted by atomic mass is 32.1. The number of thiophene rings is 1. The lowest BCUT2D eigenvalue weighted by atomic mass is 9.80. The second-order valence-corrected chi connectivity index (χ2v) is 8.34. The van der Waals surface area contributed by atoms with Gasteiger partial charge in [0.25, 0.3) is 5.91 Å². The Bertz CT molecular complexity index is 985. The first kappa shape index (κ1) is 16.6. The highest BCUT2D eigenvalue weighted by Gasteiger charge is 2.55. The molecule has 2 aliphatic rings. The third kappa shape index (κ3) is 2.66. The van der Waals surface area contributed by atoms with Crippen molar-refractivity contribution >= 4 is 17.2 Å². The Morgan fingerprint density at radius 2 is 2.33 bits per heavy atom. The zero-order valence-corrected chi connectivity index (χ0v) is 15.8. The van der Waals surface area contributed by atoms with E-state index in [-0.39, 0.29) is 11.3 Å². The Morgan fingerprint density at radius 3 is 3.11 bits per heavy atom. The van der Waals surface area contributed by atoms with Crippen LogP contribution in [0.2, 0.25) is 0 Å². The number of hydrogen-bond acceptors (Lipinski definition) is 7. The minimum Gasteiger partial charge on any atom is -0.338 e. The van der Waals surface area contributed by atoms with E-state index in [4.69, 9.17) is 4.52 Å². The van der Waals surface area contributed by atoms with Crippen LogP contribution in [0.3, 0.4) is 0 Å². The third-order valence-electron chi connectivity index (χ3n) is 5.74. The van der Waals surface area contributed by atoms with Crippen molar-refractivity contribution < 1.29 is 9.32 Å². The Balaban J connectivity index is 1.45. The van der Waals surface area contributed by atoms with Gasteiger partial charge in [-0.25, -0.2) is 4.98 Å². The highest BCUT2D eigenvalue weighted by molar-refractivity contribution is 7.12. The molecule has 2 fully saturated rings. The number of carbonyl (C=O) groups is 1. The van der Waals surface area contributed by atoms with E-state index in [9.17, 15) is 4.79 Å².